The average Bonchev–Trinajstić information content (AvgIpc) is 3.24. The molecule has 0 aliphatic rings. The highest BCUT2D eigenvalue weighted by Crippen LogP contribution is 2.43. The fourth-order valence-electron chi connectivity index (χ4n) is 3.26. The number of hydrogen-bond acceptors (Lipinski definition) is 3. The van der Waals surface area contributed by atoms with Crippen LogP contribution < -0.4 is 0 Å². The number of furan rings is 1. The Hall–Kier alpha value is -2.38. The lowest BCUT2D eigenvalue weighted by atomic mass is 10.0. The first kappa shape index (κ1) is 16.8. The number of para-hydroxylation sites is 1. The molecule has 0 spiro atoms. The van der Waals surface area contributed by atoms with E-state index in [9.17, 15) is 13.2 Å². The first-order chi connectivity index (χ1) is 12.9. The highest BCUT2D eigenvalue weighted by molar-refractivity contribution is 9.11. The Morgan fingerprint density at radius 3 is 2.52 bits per heavy atom. The van der Waals surface area contributed by atoms with Crippen molar-refractivity contribution in [1.82, 2.24) is 4.98 Å². The molecule has 0 aliphatic carbocycles. The summed E-state index contributed by atoms with van der Waals surface area (Å²) in [7, 11) is 0. The number of aromatic nitrogens is 1. The van der Waals surface area contributed by atoms with Gasteiger partial charge in [-0.05, 0) is 52.3 Å². The highest BCUT2D eigenvalue weighted by atomic mass is 79.9. The Kier molecular flexibility index (Phi) is 3.61. The fraction of sp³-hybridized carbons (Fsp3) is 0.0500. The Balaban J connectivity index is 1.97. The number of fused-ring (bicyclic) bond motifs is 5. The first-order valence-electron chi connectivity index (χ1n) is 8.00. The van der Waals surface area contributed by atoms with Crippen molar-refractivity contribution >= 4 is 60.1 Å². The van der Waals surface area contributed by atoms with Gasteiger partial charge in [0.05, 0.1) is 30.8 Å². The lowest BCUT2D eigenvalue weighted by Crippen LogP contribution is -2.04. The Morgan fingerprint density at radius 1 is 0.963 bits per heavy atom. The standard InChI is InChI=1S/C20H9BrF3NOS/c21-16-8-7-15(27-16)18-17-11-3-1-2-4-14(11)26-19(17)12-9-10(20(22,23)24)5-6-13(12)25-18/h1-9H. The molecule has 0 atom stereocenters. The Labute approximate surface area is 163 Å². The Morgan fingerprint density at radius 2 is 1.78 bits per heavy atom. The van der Waals surface area contributed by atoms with Crippen molar-refractivity contribution in [3.63, 3.8) is 0 Å². The minimum absolute atomic E-state index is 0.357. The van der Waals surface area contributed by atoms with E-state index in [1.165, 1.54) is 17.4 Å². The number of pyridine rings is 1. The van der Waals surface area contributed by atoms with E-state index in [-0.39, 0.29) is 0 Å². The summed E-state index contributed by atoms with van der Waals surface area (Å²) in [5.41, 5.74) is 1.50. The van der Waals surface area contributed by atoms with Gasteiger partial charge in [0, 0.05) is 10.8 Å². The summed E-state index contributed by atoms with van der Waals surface area (Å²) in [6.45, 7) is 0. The molecule has 0 amide bonds. The molecule has 0 radical (unpaired) electrons. The number of hydrogen-bond donors (Lipinski definition) is 0. The maximum atomic E-state index is 13.2. The van der Waals surface area contributed by atoms with E-state index in [0.717, 1.165) is 31.6 Å². The van der Waals surface area contributed by atoms with Gasteiger partial charge >= 0.3 is 6.18 Å². The third-order valence-electron chi connectivity index (χ3n) is 4.44. The summed E-state index contributed by atoms with van der Waals surface area (Å²) < 4.78 is 46.6. The molecule has 134 valence electrons. The van der Waals surface area contributed by atoms with Crippen molar-refractivity contribution in [3.05, 3.63) is 63.9 Å². The van der Waals surface area contributed by atoms with Crippen LogP contribution in [0.5, 0.6) is 0 Å². The third-order valence-corrected chi connectivity index (χ3v) is 6.07. The molecule has 27 heavy (non-hydrogen) atoms. The van der Waals surface area contributed by atoms with Gasteiger partial charge in [0.15, 0.2) is 0 Å². The minimum Gasteiger partial charge on any atom is -0.455 e. The van der Waals surface area contributed by atoms with Crippen LogP contribution in [0.15, 0.2) is 62.8 Å². The van der Waals surface area contributed by atoms with Crippen molar-refractivity contribution < 1.29 is 17.6 Å². The molecule has 0 unspecified atom stereocenters. The van der Waals surface area contributed by atoms with Gasteiger partial charge in [0.1, 0.15) is 11.2 Å². The summed E-state index contributed by atoms with van der Waals surface area (Å²) >= 11 is 4.97. The predicted molar refractivity (Wildman–Crippen MR) is 105 cm³/mol. The summed E-state index contributed by atoms with van der Waals surface area (Å²) in [6, 6.07) is 14.8. The smallest absolute Gasteiger partial charge is 0.416 e. The number of alkyl halides is 3. The lowest BCUT2D eigenvalue weighted by Gasteiger charge is -2.09. The maximum Gasteiger partial charge on any atom is 0.416 e. The van der Waals surface area contributed by atoms with Crippen LogP contribution >= 0.6 is 27.3 Å². The molecule has 0 fully saturated rings. The number of benzene rings is 2. The molecule has 3 heterocycles. The van der Waals surface area contributed by atoms with Crippen LogP contribution in [-0.2, 0) is 6.18 Å². The van der Waals surface area contributed by atoms with Gasteiger partial charge in [-0.3, -0.25) is 0 Å². The van der Waals surface area contributed by atoms with Crippen molar-refractivity contribution in [2.24, 2.45) is 0 Å². The van der Waals surface area contributed by atoms with Gasteiger partial charge in [-0.15, -0.1) is 11.3 Å². The van der Waals surface area contributed by atoms with Crippen LogP contribution in [0.3, 0.4) is 0 Å². The minimum atomic E-state index is -4.43. The van der Waals surface area contributed by atoms with Crippen molar-refractivity contribution in [2.75, 3.05) is 0 Å². The molecular weight excluding hydrogens is 439 g/mol. The van der Waals surface area contributed by atoms with Gasteiger partial charge in [-0.2, -0.15) is 13.2 Å². The van der Waals surface area contributed by atoms with Crippen molar-refractivity contribution in [2.45, 2.75) is 6.18 Å². The van der Waals surface area contributed by atoms with E-state index in [2.05, 4.69) is 15.9 Å². The molecule has 0 saturated carbocycles. The molecule has 2 nitrogen and oxygen atoms in total. The van der Waals surface area contributed by atoms with E-state index in [1.54, 1.807) is 0 Å². The van der Waals surface area contributed by atoms with Crippen LogP contribution in [0.2, 0.25) is 0 Å². The second-order valence-electron chi connectivity index (χ2n) is 6.10. The predicted octanol–water partition coefficient (Wildman–Crippen LogP) is 7.64. The van der Waals surface area contributed by atoms with E-state index >= 15 is 0 Å². The maximum absolute atomic E-state index is 13.2. The third kappa shape index (κ3) is 2.64. The molecule has 0 N–H and O–H groups in total. The van der Waals surface area contributed by atoms with Crippen LogP contribution in [0, 0.1) is 0 Å². The molecule has 0 saturated heterocycles. The second-order valence-corrected chi connectivity index (χ2v) is 8.56. The Bertz CT molecular complexity index is 1340. The first-order valence-corrected chi connectivity index (χ1v) is 9.61. The van der Waals surface area contributed by atoms with E-state index in [1.807, 2.05) is 36.4 Å². The molecule has 3 aromatic heterocycles. The van der Waals surface area contributed by atoms with Crippen LogP contribution in [0.25, 0.3) is 43.4 Å². The molecule has 7 heteroatoms. The zero-order chi connectivity index (χ0) is 18.8. The molecule has 0 bridgehead atoms. The monoisotopic (exact) mass is 447 g/mol. The van der Waals surface area contributed by atoms with E-state index in [0.29, 0.717) is 27.8 Å². The van der Waals surface area contributed by atoms with Crippen molar-refractivity contribution in [3.8, 4) is 10.6 Å². The van der Waals surface area contributed by atoms with Gasteiger partial charge < -0.3 is 4.42 Å². The normalized spacial score (nSPS) is 12.4. The molecule has 0 aliphatic heterocycles. The summed E-state index contributed by atoms with van der Waals surface area (Å²) in [5, 5.41) is 1.92. The second kappa shape index (κ2) is 5.81. The molecular formula is C20H9BrF3NOS. The summed E-state index contributed by atoms with van der Waals surface area (Å²) in [4.78, 5) is 5.61. The SMILES string of the molecule is FC(F)(F)c1ccc2nc(-c3ccc(Br)s3)c3c4ccccc4oc3c2c1. The molecule has 5 rings (SSSR count). The largest absolute Gasteiger partial charge is 0.455 e. The van der Waals surface area contributed by atoms with Crippen LogP contribution in [-0.4, -0.2) is 4.98 Å². The van der Waals surface area contributed by atoms with Gasteiger partial charge in [0.2, 0.25) is 0 Å². The quantitative estimate of drug-likeness (QED) is 0.263. The summed E-state index contributed by atoms with van der Waals surface area (Å²) in [5.74, 6) is 0. The van der Waals surface area contributed by atoms with Crippen LogP contribution in [0.4, 0.5) is 13.2 Å². The van der Waals surface area contributed by atoms with Crippen LogP contribution in [0.1, 0.15) is 5.56 Å². The lowest BCUT2D eigenvalue weighted by molar-refractivity contribution is -0.137. The van der Waals surface area contributed by atoms with Crippen molar-refractivity contribution in [1.29, 1.82) is 0 Å². The topological polar surface area (TPSA) is 26.0 Å². The van der Waals surface area contributed by atoms with E-state index < -0.39 is 11.7 Å². The zero-order valence-corrected chi connectivity index (χ0v) is 15.9. The summed E-state index contributed by atoms with van der Waals surface area (Å²) in [6.07, 6.45) is -4.43. The number of thiophene rings is 1. The van der Waals surface area contributed by atoms with Gasteiger partial charge in [0.25, 0.3) is 0 Å². The zero-order valence-electron chi connectivity index (χ0n) is 13.5. The fourth-order valence-corrected chi connectivity index (χ4v) is 4.64. The number of halogens is 4. The van der Waals surface area contributed by atoms with Gasteiger partial charge in [-0.1, -0.05) is 18.2 Å². The number of nitrogens with zero attached hydrogens (tertiary/aromatic N) is 1. The molecule has 2 aromatic carbocycles. The average molecular weight is 448 g/mol. The highest BCUT2D eigenvalue weighted by Gasteiger charge is 2.31. The molecule has 5 aromatic rings. The van der Waals surface area contributed by atoms with E-state index in [4.69, 9.17) is 9.40 Å². The number of rotatable bonds is 1. The van der Waals surface area contributed by atoms with Gasteiger partial charge in [-0.25, -0.2) is 4.98 Å².